The molecule has 1 heterocycles. The Morgan fingerprint density at radius 3 is 2.75 bits per heavy atom. The Morgan fingerprint density at radius 2 is 2.12 bits per heavy atom. The minimum absolute atomic E-state index is 0.0943. The Kier molecular flexibility index (Phi) is 4.04. The van der Waals surface area contributed by atoms with Crippen LogP contribution in [0.3, 0.4) is 0 Å². The molecule has 0 atom stereocenters. The van der Waals surface area contributed by atoms with Crippen LogP contribution in [0, 0.1) is 6.92 Å². The van der Waals surface area contributed by atoms with Crippen molar-refractivity contribution in [3.05, 3.63) is 32.6 Å². The van der Waals surface area contributed by atoms with Crippen molar-refractivity contribution in [2.24, 2.45) is 0 Å². The van der Waals surface area contributed by atoms with Crippen LogP contribution < -0.4 is 11.2 Å². The summed E-state index contributed by atoms with van der Waals surface area (Å²) in [7, 11) is 0. The second-order valence-electron chi connectivity index (χ2n) is 3.62. The van der Waals surface area contributed by atoms with Crippen molar-refractivity contribution in [1.82, 2.24) is 9.55 Å². The molecule has 0 amide bonds. The van der Waals surface area contributed by atoms with Crippen molar-refractivity contribution in [3.8, 4) is 0 Å². The van der Waals surface area contributed by atoms with Crippen molar-refractivity contribution < 1.29 is 9.90 Å². The average molecular weight is 226 g/mol. The first-order valence-electron chi connectivity index (χ1n) is 5.03. The molecule has 1 rings (SSSR count). The molecule has 0 radical (unpaired) electrons. The summed E-state index contributed by atoms with van der Waals surface area (Å²) in [5.41, 5.74) is -0.365. The lowest BCUT2D eigenvalue weighted by molar-refractivity contribution is -0.137. The first-order valence-corrected chi connectivity index (χ1v) is 5.03. The van der Waals surface area contributed by atoms with Crippen LogP contribution in [0.15, 0.2) is 15.8 Å². The van der Waals surface area contributed by atoms with E-state index < -0.39 is 11.7 Å². The molecule has 2 N–H and O–H groups in total. The largest absolute Gasteiger partial charge is 0.481 e. The highest BCUT2D eigenvalue weighted by atomic mass is 16.4. The minimum atomic E-state index is -0.843. The van der Waals surface area contributed by atoms with Crippen LogP contribution in [-0.2, 0) is 11.3 Å². The molecule has 6 heteroatoms. The van der Waals surface area contributed by atoms with Crippen molar-refractivity contribution in [3.63, 3.8) is 0 Å². The monoisotopic (exact) mass is 226 g/mol. The normalized spacial score (nSPS) is 10.3. The molecule has 0 aliphatic carbocycles. The topological polar surface area (TPSA) is 92.2 Å². The number of carboxylic acids is 1. The van der Waals surface area contributed by atoms with E-state index in [1.807, 2.05) is 0 Å². The summed E-state index contributed by atoms with van der Waals surface area (Å²) in [6, 6.07) is 0. The standard InChI is InChI=1S/C10H14N2O4/c1-7-6-12(10(16)11-9(7)15)5-3-2-4-8(13)14/h6H,2-5H2,1H3,(H,13,14)(H,11,15,16). The highest BCUT2D eigenvalue weighted by molar-refractivity contribution is 5.66. The molecule has 0 bridgehead atoms. The maximum absolute atomic E-state index is 11.3. The SMILES string of the molecule is Cc1cn(CCCCC(=O)O)c(=O)[nH]c1=O. The predicted octanol–water partition coefficient (Wildman–Crippen LogP) is 0.0999. The van der Waals surface area contributed by atoms with E-state index in [1.54, 1.807) is 6.92 Å². The van der Waals surface area contributed by atoms with Crippen molar-refractivity contribution >= 4 is 5.97 Å². The number of carboxylic acid groups (broad SMARTS) is 1. The fourth-order valence-electron chi connectivity index (χ4n) is 1.34. The maximum atomic E-state index is 11.3. The summed E-state index contributed by atoms with van der Waals surface area (Å²) in [6.45, 7) is 2.04. The summed E-state index contributed by atoms with van der Waals surface area (Å²) < 4.78 is 1.39. The van der Waals surface area contributed by atoms with E-state index >= 15 is 0 Å². The Balaban J connectivity index is 2.61. The molecule has 0 saturated carbocycles. The van der Waals surface area contributed by atoms with Gasteiger partial charge in [0.1, 0.15) is 0 Å². The fraction of sp³-hybridized carbons (Fsp3) is 0.500. The van der Waals surface area contributed by atoms with Crippen LogP contribution in [-0.4, -0.2) is 20.6 Å². The lowest BCUT2D eigenvalue weighted by Crippen LogP contribution is -2.30. The van der Waals surface area contributed by atoms with Crippen LogP contribution in [0.2, 0.25) is 0 Å². The molecule has 88 valence electrons. The predicted molar refractivity (Wildman–Crippen MR) is 57.5 cm³/mol. The molecule has 0 fully saturated rings. The Morgan fingerprint density at radius 1 is 1.44 bits per heavy atom. The highest BCUT2D eigenvalue weighted by Gasteiger charge is 2.01. The number of aromatic nitrogens is 2. The molecule has 0 aliphatic heterocycles. The molecule has 1 aromatic rings. The first-order chi connectivity index (χ1) is 7.50. The third-order valence-electron chi connectivity index (χ3n) is 2.23. The van der Waals surface area contributed by atoms with Gasteiger partial charge in [-0.15, -0.1) is 0 Å². The number of hydrogen-bond acceptors (Lipinski definition) is 3. The third-order valence-corrected chi connectivity index (χ3v) is 2.23. The van der Waals surface area contributed by atoms with Gasteiger partial charge in [0, 0.05) is 24.7 Å². The number of aliphatic carboxylic acids is 1. The Bertz CT molecular complexity index is 486. The van der Waals surface area contributed by atoms with Crippen molar-refractivity contribution in [1.29, 1.82) is 0 Å². The van der Waals surface area contributed by atoms with E-state index in [0.717, 1.165) is 0 Å². The number of nitrogens with one attached hydrogen (secondary N) is 1. The molecular weight excluding hydrogens is 212 g/mol. The summed E-state index contributed by atoms with van der Waals surface area (Å²) in [6.07, 6.45) is 2.69. The van der Waals surface area contributed by atoms with E-state index in [2.05, 4.69) is 4.98 Å². The van der Waals surface area contributed by atoms with Gasteiger partial charge in [-0.05, 0) is 19.8 Å². The molecule has 0 unspecified atom stereocenters. The quantitative estimate of drug-likeness (QED) is 0.696. The molecule has 16 heavy (non-hydrogen) atoms. The molecule has 0 spiro atoms. The van der Waals surface area contributed by atoms with Crippen molar-refractivity contribution in [2.45, 2.75) is 32.7 Å². The van der Waals surface area contributed by atoms with Gasteiger partial charge in [-0.25, -0.2) is 4.79 Å². The molecule has 6 nitrogen and oxygen atoms in total. The summed E-state index contributed by atoms with van der Waals surface area (Å²) >= 11 is 0. The highest BCUT2D eigenvalue weighted by Crippen LogP contribution is 1.97. The van der Waals surface area contributed by atoms with Crippen LogP contribution >= 0.6 is 0 Å². The maximum Gasteiger partial charge on any atom is 0.328 e. The minimum Gasteiger partial charge on any atom is -0.481 e. The number of aromatic amines is 1. The molecule has 0 aliphatic rings. The van der Waals surface area contributed by atoms with Gasteiger partial charge < -0.3 is 9.67 Å². The number of H-pyrrole nitrogens is 1. The Hall–Kier alpha value is -1.85. The van der Waals surface area contributed by atoms with E-state index in [9.17, 15) is 14.4 Å². The van der Waals surface area contributed by atoms with E-state index in [-0.39, 0.29) is 12.0 Å². The van der Waals surface area contributed by atoms with Crippen LogP contribution in [0.4, 0.5) is 0 Å². The molecule has 1 aromatic heterocycles. The van der Waals surface area contributed by atoms with Gasteiger partial charge in [0.05, 0.1) is 0 Å². The van der Waals surface area contributed by atoms with Gasteiger partial charge in [-0.3, -0.25) is 14.6 Å². The fourth-order valence-corrected chi connectivity index (χ4v) is 1.34. The lowest BCUT2D eigenvalue weighted by Gasteiger charge is -2.04. The van der Waals surface area contributed by atoms with Gasteiger partial charge in [-0.2, -0.15) is 0 Å². The van der Waals surface area contributed by atoms with E-state index in [4.69, 9.17) is 5.11 Å². The van der Waals surface area contributed by atoms with Gasteiger partial charge in [0.15, 0.2) is 0 Å². The molecule has 0 aromatic carbocycles. The second-order valence-corrected chi connectivity index (χ2v) is 3.62. The number of unbranched alkanes of at least 4 members (excludes halogenated alkanes) is 1. The number of hydrogen-bond donors (Lipinski definition) is 2. The molecular formula is C10H14N2O4. The number of nitrogens with zero attached hydrogens (tertiary/aromatic N) is 1. The average Bonchev–Trinajstić information content (AvgIpc) is 2.19. The summed E-state index contributed by atoms with van der Waals surface area (Å²) in [5, 5.41) is 8.43. The smallest absolute Gasteiger partial charge is 0.328 e. The van der Waals surface area contributed by atoms with E-state index in [1.165, 1.54) is 10.8 Å². The summed E-state index contributed by atoms with van der Waals surface area (Å²) in [5.74, 6) is -0.843. The van der Waals surface area contributed by atoms with Gasteiger partial charge >= 0.3 is 11.7 Å². The number of carbonyl (C=O) groups is 1. The summed E-state index contributed by atoms with van der Waals surface area (Å²) in [4.78, 5) is 34.8. The lowest BCUT2D eigenvalue weighted by atomic mass is 10.2. The van der Waals surface area contributed by atoms with Crippen LogP contribution in [0.25, 0.3) is 0 Å². The third kappa shape index (κ3) is 3.38. The number of rotatable bonds is 5. The zero-order valence-electron chi connectivity index (χ0n) is 9.02. The zero-order chi connectivity index (χ0) is 12.1. The molecule has 0 saturated heterocycles. The van der Waals surface area contributed by atoms with Crippen molar-refractivity contribution in [2.75, 3.05) is 0 Å². The Labute approximate surface area is 91.5 Å². The van der Waals surface area contributed by atoms with Crippen LogP contribution in [0.5, 0.6) is 0 Å². The van der Waals surface area contributed by atoms with Crippen LogP contribution in [0.1, 0.15) is 24.8 Å². The van der Waals surface area contributed by atoms with E-state index in [0.29, 0.717) is 24.9 Å². The zero-order valence-corrected chi connectivity index (χ0v) is 9.02. The van der Waals surface area contributed by atoms with Gasteiger partial charge in [0.2, 0.25) is 0 Å². The van der Waals surface area contributed by atoms with Gasteiger partial charge in [-0.1, -0.05) is 0 Å². The second kappa shape index (κ2) is 5.29. The number of aryl methyl sites for hydroxylation is 2. The van der Waals surface area contributed by atoms with Gasteiger partial charge in [0.25, 0.3) is 5.56 Å². The first kappa shape index (κ1) is 12.2.